The van der Waals surface area contributed by atoms with Gasteiger partial charge in [0.05, 0.1) is 16.6 Å². The molecule has 2 aromatic rings. The van der Waals surface area contributed by atoms with Crippen LogP contribution in [0.1, 0.15) is 22.0 Å². The summed E-state index contributed by atoms with van der Waals surface area (Å²) in [7, 11) is 0. The molecule has 1 aliphatic heterocycles. The summed E-state index contributed by atoms with van der Waals surface area (Å²) in [4.78, 5) is 11.1. The first-order valence-corrected chi connectivity index (χ1v) is 6.67. The monoisotopic (exact) mass is 305 g/mol. The molecule has 1 unspecified atom stereocenters. The van der Waals surface area contributed by atoms with Gasteiger partial charge in [0.15, 0.2) is 0 Å². The Kier molecular flexibility index (Phi) is 3.35. The predicted molar refractivity (Wildman–Crippen MR) is 78.4 cm³/mol. The average molecular weight is 306 g/mol. The Morgan fingerprint density at radius 2 is 2.10 bits per heavy atom. The number of hydrogen-bond acceptors (Lipinski definition) is 4. The van der Waals surface area contributed by atoms with E-state index in [4.69, 9.17) is 21.4 Å². The van der Waals surface area contributed by atoms with Gasteiger partial charge in [0, 0.05) is 17.3 Å². The number of aromatic carboxylic acids is 1. The molecule has 3 rings (SSSR count). The maximum absolute atomic E-state index is 11.1. The summed E-state index contributed by atoms with van der Waals surface area (Å²) >= 11 is 5.85. The predicted octanol–water partition coefficient (Wildman–Crippen LogP) is 3.29. The standard InChI is InChI=1S/C15H12ClNO4/c16-12-4-1-8(5-11(12)15(19)20)17-13-7-21-14-6-9(18)2-3-10(13)14/h1-6,13,17-18H,7H2,(H,19,20). The van der Waals surface area contributed by atoms with Gasteiger partial charge in [0.2, 0.25) is 0 Å². The van der Waals surface area contributed by atoms with E-state index in [0.29, 0.717) is 18.0 Å². The molecular weight excluding hydrogens is 294 g/mol. The van der Waals surface area contributed by atoms with Crippen LogP contribution < -0.4 is 10.1 Å². The summed E-state index contributed by atoms with van der Waals surface area (Å²) in [5.41, 5.74) is 1.61. The minimum Gasteiger partial charge on any atom is -0.508 e. The Hall–Kier alpha value is -2.40. The first-order valence-electron chi connectivity index (χ1n) is 6.29. The zero-order valence-corrected chi connectivity index (χ0v) is 11.6. The van der Waals surface area contributed by atoms with Gasteiger partial charge in [0.25, 0.3) is 0 Å². The molecule has 0 aliphatic carbocycles. The number of carboxylic acid groups (broad SMARTS) is 1. The van der Waals surface area contributed by atoms with Crippen LogP contribution >= 0.6 is 11.6 Å². The van der Waals surface area contributed by atoms with Crippen molar-refractivity contribution >= 4 is 23.3 Å². The molecule has 1 atom stereocenters. The maximum Gasteiger partial charge on any atom is 0.337 e. The van der Waals surface area contributed by atoms with Crippen LogP contribution in [0, 0.1) is 0 Å². The van der Waals surface area contributed by atoms with Crippen molar-refractivity contribution in [2.75, 3.05) is 11.9 Å². The molecule has 0 radical (unpaired) electrons. The Balaban J connectivity index is 1.86. The average Bonchev–Trinajstić information content (AvgIpc) is 2.83. The number of carboxylic acids is 1. The number of carbonyl (C=O) groups is 1. The smallest absolute Gasteiger partial charge is 0.337 e. The van der Waals surface area contributed by atoms with Crippen LogP contribution in [0.3, 0.4) is 0 Å². The van der Waals surface area contributed by atoms with Crippen LogP contribution in [0.5, 0.6) is 11.5 Å². The van der Waals surface area contributed by atoms with Crippen molar-refractivity contribution in [2.24, 2.45) is 0 Å². The van der Waals surface area contributed by atoms with Crippen LogP contribution in [0.15, 0.2) is 36.4 Å². The number of nitrogens with one attached hydrogen (secondary N) is 1. The lowest BCUT2D eigenvalue weighted by atomic mass is 10.1. The molecule has 6 heteroatoms. The molecule has 0 fully saturated rings. The van der Waals surface area contributed by atoms with Crippen LogP contribution in [-0.4, -0.2) is 22.8 Å². The Bertz CT molecular complexity index is 717. The first-order chi connectivity index (χ1) is 10.0. The number of halogens is 1. The van der Waals surface area contributed by atoms with Crippen LogP contribution in [0.25, 0.3) is 0 Å². The van der Waals surface area contributed by atoms with Crippen molar-refractivity contribution in [3.8, 4) is 11.5 Å². The molecule has 1 aliphatic rings. The minimum absolute atomic E-state index is 0.0477. The van der Waals surface area contributed by atoms with E-state index in [2.05, 4.69) is 5.32 Å². The third kappa shape index (κ3) is 2.60. The number of ether oxygens (including phenoxy) is 1. The van der Waals surface area contributed by atoms with E-state index < -0.39 is 5.97 Å². The highest BCUT2D eigenvalue weighted by Gasteiger charge is 2.24. The van der Waals surface area contributed by atoms with Crippen molar-refractivity contribution in [1.29, 1.82) is 0 Å². The topological polar surface area (TPSA) is 78.8 Å². The van der Waals surface area contributed by atoms with Gasteiger partial charge in [0.1, 0.15) is 18.1 Å². The highest BCUT2D eigenvalue weighted by atomic mass is 35.5. The SMILES string of the molecule is O=C(O)c1cc(NC2COc3cc(O)ccc32)ccc1Cl. The van der Waals surface area contributed by atoms with Gasteiger partial charge in [-0.3, -0.25) is 0 Å². The van der Waals surface area contributed by atoms with Gasteiger partial charge < -0.3 is 20.3 Å². The molecule has 3 N–H and O–H groups in total. The van der Waals surface area contributed by atoms with E-state index in [1.807, 2.05) is 0 Å². The highest BCUT2D eigenvalue weighted by molar-refractivity contribution is 6.33. The number of anilines is 1. The molecule has 2 aromatic carbocycles. The quantitative estimate of drug-likeness (QED) is 0.811. The van der Waals surface area contributed by atoms with Gasteiger partial charge in [-0.2, -0.15) is 0 Å². The zero-order valence-electron chi connectivity index (χ0n) is 10.8. The highest BCUT2D eigenvalue weighted by Crippen LogP contribution is 2.37. The van der Waals surface area contributed by atoms with E-state index >= 15 is 0 Å². The number of aromatic hydroxyl groups is 1. The fourth-order valence-corrected chi connectivity index (χ4v) is 2.50. The molecule has 0 bridgehead atoms. The van der Waals surface area contributed by atoms with Crippen molar-refractivity contribution in [1.82, 2.24) is 0 Å². The van der Waals surface area contributed by atoms with Crippen LogP contribution in [-0.2, 0) is 0 Å². The maximum atomic E-state index is 11.1. The summed E-state index contributed by atoms with van der Waals surface area (Å²) in [6.07, 6.45) is 0. The van der Waals surface area contributed by atoms with Gasteiger partial charge in [-0.25, -0.2) is 4.79 Å². The normalized spacial score (nSPS) is 16.1. The van der Waals surface area contributed by atoms with Gasteiger partial charge in [-0.1, -0.05) is 11.6 Å². The third-order valence-corrected chi connectivity index (χ3v) is 3.65. The van der Waals surface area contributed by atoms with Gasteiger partial charge in [-0.05, 0) is 30.3 Å². The fourth-order valence-electron chi connectivity index (χ4n) is 2.30. The van der Waals surface area contributed by atoms with Gasteiger partial charge >= 0.3 is 5.97 Å². The van der Waals surface area contributed by atoms with Crippen molar-refractivity contribution in [3.05, 3.63) is 52.5 Å². The fraction of sp³-hybridized carbons (Fsp3) is 0.133. The Morgan fingerprint density at radius 1 is 1.29 bits per heavy atom. The van der Waals surface area contributed by atoms with E-state index in [1.54, 1.807) is 30.3 Å². The molecule has 0 saturated heterocycles. The lowest BCUT2D eigenvalue weighted by molar-refractivity contribution is 0.0697. The minimum atomic E-state index is -1.07. The number of fused-ring (bicyclic) bond motifs is 1. The molecule has 0 spiro atoms. The number of phenolic OH excluding ortho intramolecular Hbond substituents is 1. The summed E-state index contributed by atoms with van der Waals surface area (Å²) in [5.74, 6) is -0.300. The zero-order chi connectivity index (χ0) is 15.0. The van der Waals surface area contributed by atoms with Crippen LogP contribution in [0.4, 0.5) is 5.69 Å². The largest absolute Gasteiger partial charge is 0.508 e. The molecule has 5 nitrogen and oxygen atoms in total. The Morgan fingerprint density at radius 3 is 2.86 bits per heavy atom. The van der Waals surface area contributed by atoms with E-state index in [9.17, 15) is 9.90 Å². The molecule has 0 amide bonds. The first kappa shape index (κ1) is 13.6. The van der Waals surface area contributed by atoms with E-state index in [-0.39, 0.29) is 22.4 Å². The van der Waals surface area contributed by atoms with Crippen LogP contribution in [0.2, 0.25) is 5.02 Å². The molecule has 21 heavy (non-hydrogen) atoms. The second-order valence-corrected chi connectivity index (χ2v) is 5.14. The summed E-state index contributed by atoms with van der Waals surface area (Å²) in [6, 6.07) is 9.57. The number of hydrogen-bond donors (Lipinski definition) is 3. The summed E-state index contributed by atoms with van der Waals surface area (Å²) < 4.78 is 5.50. The van der Waals surface area contributed by atoms with E-state index in [0.717, 1.165) is 5.56 Å². The number of benzene rings is 2. The van der Waals surface area contributed by atoms with Crippen molar-refractivity contribution < 1.29 is 19.7 Å². The van der Waals surface area contributed by atoms with Gasteiger partial charge in [-0.15, -0.1) is 0 Å². The summed E-state index contributed by atoms with van der Waals surface area (Å²) in [6.45, 7) is 0.407. The molecule has 1 heterocycles. The lowest BCUT2D eigenvalue weighted by Gasteiger charge is -2.14. The summed E-state index contributed by atoms with van der Waals surface area (Å²) in [5, 5.41) is 21.9. The third-order valence-electron chi connectivity index (χ3n) is 3.32. The van der Waals surface area contributed by atoms with Crippen molar-refractivity contribution in [2.45, 2.75) is 6.04 Å². The molecule has 0 aromatic heterocycles. The lowest BCUT2D eigenvalue weighted by Crippen LogP contribution is -2.12. The molecule has 108 valence electrons. The number of phenols is 1. The second kappa shape index (κ2) is 5.18. The molecule has 0 saturated carbocycles. The van der Waals surface area contributed by atoms with Crippen molar-refractivity contribution in [3.63, 3.8) is 0 Å². The number of rotatable bonds is 3. The van der Waals surface area contributed by atoms with E-state index in [1.165, 1.54) is 6.07 Å². The second-order valence-electron chi connectivity index (χ2n) is 4.73. The Labute approximate surface area is 125 Å². The molecular formula is C15H12ClNO4.